The molecule has 0 spiro atoms. The van der Waals surface area contributed by atoms with E-state index in [1.165, 1.54) is 25.0 Å². The second-order valence-electron chi connectivity index (χ2n) is 9.39. The van der Waals surface area contributed by atoms with Crippen LogP contribution in [0.1, 0.15) is 9.68 Å². The summed E-state index contributed by atoms with van der Waals surface area (Å²) in [6, 6.07) is 37.4. The van der Waals surface area contributed by atoms with Crippen LogP contribution in [0.25, 0.3) is 11.1 Å². The number of fused-ring (bicyclic) bond motifs is 2. The van der Waals surface area contributed by atoms with Crippen molar-refractivity contribution in [2.45, 2.75) is 6.92 Å². The van der Waals surface area contributed by atoms with Crippen molar-refractivity contribution < 1.29 is 29.9 Å². The molecule has 2 aliphatic rings. The molecule has 7 heteroatoms. The third kappa shape index (κ3) is 5.53. The zero-order valence-corrected chi connectivity index (χ0v) is 26.5. The number of benzene rings is 4. The molecule has 0 unspecified atom stereocenters. The molecule has 5 aromatic rings. The Balaban J connectivity index is 0.00000343. The van der Waals surface area contributed by atoms with E-state index in [9.17, 15) is 0 Å². The second-order valence-corrected chi connectivity index (χ2v) is 12.5. The molecule has 4 aromatic carbocycles. The van der Waals surface area contributed by atoms with Crippen molar-refractivity contribution in [2.75, 3.05) is 16.8 Å². The molecule has 0 fully saturated rings. The molecule has 0 atom stereocenters. The fraction of sp³-hybridized carbons (Fsp3) is 0.0588. The van der Waals surface area contributed by atoms with Gasteiger partial charge in [-0.25, -0.2) is 0 Å². The first-order valence-electron chi connectivity index (χ1n) is 14.3. The smallest absolute Gasteiger partial charge is 0 e. The van der Waals surface area contributed by atoms with Crippen molar-refractivity contribution in [3.05, 3.63) is 134 Å². The summed E-state index contributed by atoms with van der Waals surface area (Å²) in [4.78, 5) is 10.0. The standard InChI is InChI=1S/C34H25N4OTe.Pt/c1-24-19-34(35-22-29(24)25-9-4-3-5-10-25)38-30-13-6-7-14-32(30)40-33-16-15-28(21-31(33)38)39-27-12-8-11-26(20-27)37-18-17-36(2)23-37;/h3-19,22-23H,1-2H3;/q-3;/i2D3;. The minimum Gasteiger partial charge on any atom is 0 e. The molecule has 5 nitrogen and oxygen atoms in total. The van der Waals surface area contributed by atoms with Gasteiger partial charge in [-0.1, -0.05) is 0 Å². The predicted molar refractivity (Wildman–Crippen MR) is 162 cm³/mol. The average Bonchev–Trinajstić information content (AvgIpc) is 3.52. The van der Waals surface area contributed by atoms with E-state index in [4.69, 9.17) is 13.8 Å². The fourth-order valence-electron chi connectivity index (χ4n) is 4.81. The normalized spacial score (nSPS) is 14.9. The van der Waals surface area contributed by atoms with Gasteiger partial charge in [-0.05, 0) is 0 Å². The van der Waals surface area contributed by atoms with Gasteiger partial charge in [-0.3, -0.25) is 0 Å². The SMILES string of the molecule is [2H]C([2H])([2H])N1C=CN(c2[c-]c(Oc3[c-]c4c(cc3)[Te]c3ccccc3N4c3cc(C)c(-c4ccccc4)cn3)ccc2)[CH-]1.[Pt]. The Morgan fingerprint density at radius 2 is 1.71 bits per heavy atom. The van der Waals surface area contributed by atoms with Crippen molar-refractivity contribution in [2.24, 2.45) is 0 Å². The maximum Gasteiger partial charge on any atom is 0 e. The van der Waals surface area contributed by atoms with Crippen LogP contribution >= 0.6 is 0 Å². The van der Waals surface area contributed by atoms with Gasteiger partial charge in [-0.15, -0.1) is 0 Å². The van der Waals surface area contributed by atoms with Crippen LogP contribution in [-0.4, -0.2) is 37.8 Å². The molecule has 1 aromatic heterocycles. The number of pyridine rings is 1. The van der Waals surface area contributed by atoms with Crippen molar-refractivity contribution in [3.63, 3.8) is 0 Å². The fourth-order valence-corrected chi connectivity index (χ4v) is 7.73. The van der Waals surface area contributed by atoms with Crippen LogP contribution < -0.4 is 21.8 Å². The molecule has 0 radical (unpaired) electrons. The zero-order chi connectivity index (χ0) is 29.6. The Labute approximate surface area is 269 Å². The number of hydrogen-bond acceptors (Lipinski definition) is 5. The van der Waals surface area contributed by atoms with Gasteiger partial charge in [0, 0.05) is 25.2 Å². The monoisotopic (exact) mass is 833 g/mol. The van der Waals surface area contributed by atoms with E-state index >= 15 is 0 Å². The van der Waals surface area contributed by atoms with E-state index in [2.05, 4.69) is 72.5 Å². The summed E-state index contributed by atoms with van der Waals surface area (Å²) in [6.07, 6.45) is 5.15. The van der Waals surface area contributed by atoms with Gasteiger partial charge in [0.25, 0.3) is 0 Å². The van der Waals surface area contributed by atoms with Gasteiger partial charge in [0.05, 0.1) is 0 Å². The van der Waals surface area contributed by atoms with E-state index in [-0.39, 0.29) is 21.1 Å². The van der Waals surface area contributed by atoms with Crippen LogP contribution in [0.15, 0.2) is 110 Å². The molecule has 7 rings (SSSR count). The Bertz CT molecular complexity index is 1850. The molecular weight excluding hydrogens is 803 g/mol. The van der Waals surface area contributed by atoms with Gasteiger partial charge in [0.2, 0.25) is 0 Å². The number of nitrogens with zero attached hydrogens (tertiary/aromatic N) is 4. The van der Waals surface area contributed by atoms with Gasteiger partial charge in [-0.2, -0.15) is 0 Å². The molecule has 41 heavy (non-hydrogen) atoms. The molecule has 0 bridgehead atoms. The summed E-state index contributed by atoms with van der Waals surface area (Å²) in [6.45, 7) is 1.39. The number of aryl methyl sites for hydroxylation is 1. The first-order valence-corrected chi connectivity index (χ1v) is 15.1. The molecule has 0 aliphatic carbocycles. The van der Waals surface area contributed by atoms with Crippen LogP contribution in [0.4, 0.5) is 22.9 Å². The molecule has 0 N–H and O–H groups in total. The third-order valence-corrected chi connectivity index (χ3v) is 9.89. The van der Waals surface area contributed by atoms with Crippen LogP contribution in [0.2, 0.25) is 0 Å². The zero-order valence-electron chi connectivity index (χ0n) is 24.9. The van der Waals surface area contributed by atoms with Crippen LogP contribution in [0, 0.1) is 25.7 Å². The van der Waals surface area contributed by atoms with Crippen molar-refractivity contribution in [1.82, 2.24) is 9.88 Å². The molecule has 206 valence electrons. The summed E-state index contributed by atoms with van der Waals surface area (Å²) in [5.74, 6) is 1.89. The minimum absolute atomic E-state index is 0. The van der Waals surface area contributed by atoms with E-state index in [1.807, 2.05) is 48.7 Å². The maximum absolute atomic E-state index is 7.64. The predicted octanol–water partition coefficient (Wildman–Crippen LogP) is 6.23. The van der Waals surface area contributed by atoms with Gasteiger partial charge in [0.15, 0.2) is 0 Å². The van der Waals surface area contributed by atoms with Crippen molar-refractivity contribution in [3.8, 4) is 22.6 Å². The van der Waals surface area contributed by atoms with Crippen molar-refractivity contribution >= 4 is 51.0 Å². The Kier molecular flexibility index (Phi) is 6.90. The summed E-state index contributed by atoms with van der Waals surface area (Å²) < 4.78 is 31.8. The molecule has 0 saturated heterocycles. The third-order valence-electron chi connectivity index (χ3n) is 6.71. The minimum atomic E-state index is -2.25. The summed E-state index contributed by atoms with van der Waals surface area (Å²) >= 11 is -0.646. The summed E-state index contributed by atoms with van der Waals surface area (Å²) in [5, 5.41) is 0. The number of ether oxygens (including phenoxy) is 1. The average molecular weight is 831 g/mol. The first kappa shape index (κ1) is 24.1. The van der Waals surface area contributed by atoms with Gasteiger partial charge < -0.3 is 0 Å². The van der Waals surface area contributed by atoms with E-state index < -0.39 is 27.9 Å². The van der Waals surface area contributed by atoms with E-state index in [1.54, 1.807) is 11.1 Å². The van der Waals surface area contributed by atoms with Gasteiger partial charge >= 0.3 is 246 Å². The van der Waals surface area contributed by atoms with E-state index in [0.717, 1.165) is 33.9 Å². The first-order chi connectivity index (χ1) is 20.8. The Hall–Kier alpha value is -3.55. The molecule has 0 saturated carbocycles. The summed E-state index contributed by atoms with van der Waals surface area (Å²) in [5.41, 5.74) is 6.11. The largest absolute Gasteiger partial charge is 0 e. The molecular formula is C34H25N4OPtTe-3. The number of rotatable bonds is 5. The van der Waals surface area contributed by atoms with E-state index in [0.29, 0.717) is 17.2 Å². The molecule has 2 aliphatic heterocycles. The number of hydrogen-bond donors (Lipinski definition) is 0. The Morgan fingerprint density at radius 1 is 0.878 bits per heavy atom. The van der Waals surface area contributed by atoms with Crippen LogP contribution in [0.5, 0.6) is 11.5 Å². The topological polar surface area (TPSA) is 31.8 Å². The Morgan fingerprint density at radius 3 is 2.54 bits per heavy atom. The van der Waals surface area contributed by atoms with Gasteiger partial charge in [0.1, 0.15) is 0 Å². The number of para-hydroxylation sites is 1. The number of aromatic nitrogens is 1. The van der Waals surface area contributed by atoms with Crippen LogP contribution in [-0.2, 0) is 21.1 Å². The molecule has 0 amide bonds. The van der Waals surface area contributed by atoms with Crippen molar-refractivity contribution in [1.29, 1.82) is 0 Å². The molecule has 3 heterocycles. The van der Waals surface area contributed by atoms with Crippen LogP contribution in [0.3, 0.4) is 0 Å². The number of anilines is 4. The summed E-state index contributed by atoms with van der Waals surface area (Å²) in [7, 11) is 0. The quantitative estimate of drug-likeness (QED) is 0.152. The maximum atomic E-state index is 7.64. The second kappa shape index (κ2) is 11.7.